The summed E-state index contributed by atoms with van der Waals surface area (Å²) in [6.07, 6.45) is -3.49. The second kappa shape index (κ2) is 8.92. The third kappa shape index (κ3) is 4.57. The second-order valence-electron chi connectivity index (χ2n) is 7.15. The van der Waals surface area contributed by atoms with Crippen LogP contribution >= 0.6 is 11.8 Å². The maximum absolute atomic E-state index is 14.1. The van der Waals surface area contributed by atoms with Crippen molar-refractivity contribution in [3.05, 3.63) is 65.6 Å². The number of aromatic nitrogens is 1. The molecule has 0 spiro atoms. The van der Waals surface area contributed by atoms with Crippen LogP contribution in [0.1, 0.15) is 17.3 Å². The molecule has 0 saturated carbocycles. The number of ether oxygens (including phenoxy) is 1. The van der Waals surface area contributed by atoms with E-state index in [1.54, 1.807) is 30.3 Å². The molecule has 0 amide bonds. The summed E-state index contributed by atoms with van der Waals surface area (Å²) >= 11 is 0.860. The number of alkyl halides is 3. The van der Waals surface area contributed by atoms with Crippen molar-refractivity contribution in [1.29, 1.82) is 0 Å². The molecule has 3 aromatic rings. The van der Waals surface area contributed by atoms with Gasteiger partial charge in [-0.2, -0.15) is 24.9 Å². The van der Waals surface area contributed by atoms with Crippen LogP contribution in [0.15, 0.2) is 48.5 Å². The van der Waals surface area contributed by atoms with Crippen molar-refractivity contribution in [2.24, 2.45) is 0 Å². The van der Waals surface area contributed by atoms with E-state index in [0.717, 1.165) is 29.6 Å². The molecule has 1 heterocycles. The van der Waals surface area contributed by atoms with E-state index in [1.807, 2.05) is 6.92 Å². The minimum Gasteiger partial charge on any atom is -0.494 e. The Morgan fingerprint density at radius 2 is 1.90 bits per heavy atom. The van der Waals surface area contributed by atoms with Crippen molar-refractivity contribution in [1.82, 2.24) is 4.98 Å². The Kier molecular flexibility index (Phi) is 6.66. The topological polar surface area (TPSA) is 54.4 Å². The summed E-state index contributed by atoms with van der Waals surface area (Å²) in [6, 6.07) is 10.3. The lowest BCUT2D eigenvalue weighted by Crippen LogP contribution is -2.54. The molecule has 2 unspecified atom stereocenters. The molecule has 0 aliphatic rings. The first-order valence-electron chi connectivity index (χ1n) is 9.35. The molecule has 0 fully saturated rings. The van der Waals surface area contributed by atoms with Gasteiger partial charge in [0.05, 0.1) is 18.7 Å². The van der Waals surface area contributed by atoms with Gasteiger partial charge in [-0.3, -0.25) is 4.98 Å². The zero-order valence-corrected chi connectivity index (χ0v) is 17.9. The number of benzene rings is 2. The average molecular weight is 454 g/mol. The smallest absolute Gasteiger partial charge is 0.420 e. The van der Waals surface area contributed by atoms with Crippen LogP contribution in [0.25, 0.3) is 10.9 Å². The number of methoxy groups -OCH3 is 1. The van der Waals surface area contributed by atoms with Crippen molar-refractivity contribution >= 4 is 28.4 Å². The van der Waals surface area contributed by atoms with E-state index < -0.39 is 29.4 Å². The van der Waals surface area contributed by atoms with E-state index in [1.165, 1.54) is 19.4 Å². The number of fused-ring (bicyclic) bond motifs is 1. The third-order valence-electron chi connectivity index (χ3n) is 5.01. The van der Waals surface area contributed by atoms with E-state index in [9.17, 15) is 22.7 Å². The SMILES string of the molecule is COc1cc(C(Nc2cccc3nc(C)ccc23)C(O)(CSC)C(F)(F)F)ccc1F. The predicted octanol–water partition coefficient (Wildman–Crippen LogP) is 5.50. The van der Waals surface area contributed by atoms with Crippen molar-refractivity contribution in [3.63, 3.8) is 0 Å². The normalized spacial score (nSPS) is 14.8. The summed E-state index contributed by atoms with van der Waals surface area (Å²) < 4.78 is 61.3. The summed E-state index contributed by atoms with van der Waals surface area (Å²) in [5, 5.41) is 14.4. The lowest BCUT2D eigenvalue weighted by atomic mass is 9.88. The van der Waals surface area contributed by atoms with Gasteiger partial charge in [-0.25, -0.2) is 4.39 Å². The molecule has 31 heavy (non-hydrogen) atoms. The quantitative estimate of drug-likeness (QED) is 0.462. The molecular weight excluding hydrogens is 432 g/mol. The maximum atomic E-state index is 14.1. The fraction of sp³-hybridized carbons (Fsp3) is 0.318. The van der Waals surface area contributed by atoms with E-state index in [-0.39, 0.29) is 11.3 Å². The van der Waals surface area contributed by atoms with Gasteiger partial charge in [-0.05, 0) is 55.1 Å². The number of anilines is 1. The molecule has 0 bridgehead atoms. The highest BCUT2D eigenvalue weighted by molar-refractivity contribution is 7.98. The van der Waals surface area contributed by atoms with Gasteiger partial charge in [-0.1, -0.05) is 12.1 Å². The number of rotatable bonds is 7. The molecule has 1 aromatic heterocycles. The van der Waals surface area contributed by atoms with E-state index in [2.05, 4.69) is 10.3 Å². The largest absolute Gasteiger partial charge is 0.494 e. The van der Waals surface area contributed by atoms with Crippen LogP contribution in [0.3, 0.4) is 0 Å². The Labute approximate surface area is 181 Å². The van der Waals surface area contributed by atoms with Crippen LogP contribution in [0, 0.1) is 12.7 Å². The number of hydrogen-bond donors (Lipinski definition) is 2. The van der Waals surface area contributed by atoms with E-state index in [0.29, 0.717) is 16.6 Å². The number of nitrogens with zero attached hydrogens (tertiary/aromatic N) is 1. The maximum Gasteiger partial charge on any atom is 0.420 e. The first kappa shape index (κ1) is 23.1. The Bertz CT molecular complexity index is 1080. The molecule has 2 aromatic carbocycles. The number of thioether (sulfide) groups is 1. The Hall–Kier alpha value is -2.52. The molecular formula is C22H22F4N2O2S. The van der Waals surface area contributed by atoms with E-state index >= 15 is 0 Å². The van der Waals surface area contributed by atoms with Gasteiger partial charge in [0.15, 0.2) is 17.2 Å². The van der Waals surface area contributed by atoms with Crippen molar-refractivity contribution in [2.45, 2.75) is 24.7 Å². The Balaban J connectivity index is 2.19. The fourth-order valence-corrected chi connectivity index (χ4v) is 4.19. The highest BCUT2D eigenvalue weighted by atomic mass is 32.2. The predicted molar refractivity (Wildman–Crippen MR) is 115 cm³/mol. The minimum absolute atomic E-state index is 0.0317. The van der Waals surface area contributed by atoms with Crippen LogP contribution in [-0.4, -0.2) is 41.0 Å². The molecule has 9 heteroatoms. The average Bonchev–Trinajstić information content (AvgIpc) is 2.71. The number of nitrogens with one attached hydrogen (secondary N) is 1. The monoisotopic (exact) mass is 454 g/mol. The first-order chi connectivity index (χ1) is 14.6. The lowest BCUT2D eigenvalue weighted by Gasteiger charge is -2.38. The summed E-state index contributed by atoms with van der Waals surface area (Å²) in [6.45, 7) is 1.81. The zero-order valence-electron chi connectivity index (χ0n) is 17.1. The third-order valence-corrected chi connectivity index (χ3v) is 5.74. The number of halogens is 4. The van der Waals surface area contributed by atoms with Gasteiger partial charge >= 0.3 is 6.18 Å². The fourth-order valence-electron chi connectivity index (χ4n) is 3.42. The van der Waals surface area contributed by atoms with Crippen LogP contribution in [0.2, 0.25) is 0 Å². The zero-order chi connectivity index (χ0) is 22.8. The number of aliphatic hydroxyl groups is 1. The van der Waals surface area contributed by atoms with Gasteiger partial charge in [-0.15, -0.1) is 0 Å². The van der Waals surface area contributed by atoms with Gasteiger partial charge in [0.1, 0.15) is 0 Å². The summed E-state index contributed by atoms with van der Waals surface area (Å²) in [4.78, 5) is 4.40. The molecule has 166 valence electrons. The van der Waals surface area contributed by atoms with Crippen molar-refractivity contribution < 1.29 is 27.4 Å². The van der Waals surface area contributed by atoms with Crippen LogP contribution in [0.5, 0.6) is 5.75 Å². The highest BCUT2D eigenvalue weighted by Crippen LogP contribution is 2.45. The van der Waals surface area contributed by atoms with Gasteiger partial charge < -0.3 is 15.2 Å². The summed E-state index contributed by atoms with van der Waals surface area (Å²) in [7, 11) is 1.22. The second-order valence-corrected chi connectivity index (χ2v) is 8.02. The van der Waals surface area contributed by atoms with Crippen LogP contribution in [0.4, 0.5) is 23.2 Å². The molecule has 4 nitrogen and oxygen atoms in total. The van der Waals surface area contributed by atoms with Crippen molar-refractivity contribution in [2.75, 3.05) is 24.4 Å². The van der Waals surface area contributed by atoms with Gasteiger partial charge in [0.25, 0.3) is 0 Å². The molecule has 0 saturated heterocycles. The lowest BCUT2D eigenvalue weighted by molar-refractivity contribution is -0.256. The molecule has 2 N–H and O–H groups in total. The van der Waals surface area contributed by atoms with Crippen LogP contribution in [-0.2, 0) is 0 Å². The Morgan fingerprint density at radius 1 is 1.16 bits per heavy atom. The molecule has 0 radical (unpaired) electrons. The van der Waals surface area contributed by atoms with Crippen LogP contribution < -0.4 is 10.1 Å². The van der Waals surface area contributed by atoms with Gasteiger partial charge in [0.2, 0.25) is 0 Å². The Morgan fingerprint density at radius 3 is 2.55 bits per heavy atom. The number of hydrogen-bond acceptors (Lipinski definition) is 5. The molecule has 3 rings (SSSR count). The highest BCUT2D eigenvalue weighted by Gasteiger charge is 2.59. The summed E-state index contributed by atoms with van der Waals surface area (Å²) in [5.74, 6) is -1.56. The molecule has 0 aliphatic heterocycles. The van der Waals surface area contributed by atoms with Crippen molar-refractivity contribution in [3.8, 4) is 5.75 Å². The molecule has 0 aliphatic carbocycles. The summed E-state index contributed by atoms with van der Waals surface area (Å²) in [5.41, 5.74) is -1.39. The number of aryl methyl sites for hydroxylation is 1. The standard InChI is InChI=1S/C22H22F4N2O2S/c1-13-7-9-15-17(27-13)5-4-6-18(15)28-20(21(29,12-31-3)22(24,25)26)14-8-10-16(23)19(11-14)30-2/h4-11,20,28-29H,12H2,1-3H3. The number of pyridine rings is 1. The van der Waals surface area contributed by atoms with Gasteiger partial charge in [0, 0.05) is 22.5 Å². The van der Waals surface area contributed by atoms with E-state index in [4.69, 9.17) is 4.74 Å². The molecule has 2 atom stereocenters. The minimum atomic E-state index is -4.96. The first-order valence-corrected chi connectivity index (χ1v) is 10.7.